The summed E-state index contributed by atoms with van der Waals surface area (Å²) in [5, 5.41) is 8.84. The predicted molar refractivity (Wildman–Crippen MR) is 119 cm³/mol. The maximum Gasteiger partial charge on any atom is 0.241 e. The van der Waals surface area contributed by atoms with E-state index >= 15 is 0 Å². The predicted octanol–water partition coefficient (Wildman–Crippen LogP) is 5.71. The number of rotatable bonds is 5. The molecular weight excluding hydrogens is 471 g/mol. The Morgan fingerprint density at radius 2 is 1.77 bits per heavy atom. The third kappa shape index (κ3) is 5.06. The molecule has 3 aromatic rings. The number of anilines is 1. The zero-order valence-corrected chi connectivity index (χ0v) is 18.5. The number of primary sulfonamides is 1. The summed E-state index contributed by atoms with van der Waals surface area (Å²) in [6.07, 6.45) is 0. The molecule has 0 saturated carbocycles. The lowest BCUT2D eigenvalue weighted by Crippen LogP contribution is -2.13. The van der Waals surface area contributed by atoms with Crippen LogP contribution in [0.3, 0.4) is 0 Å². The smallest absolute Gasteiger partial charge is 0.241 e. The van der Waals surface area contributed by atoms with Gasteiger partial charge in [0.25, 0.3) is 0 Å². The molecule has 0 heterocycles. The van der Waals surface area contributed by atoms with Gasteiger partial charge in [0, 0.05) is 17.5 Å². The summed E-state index contributed by atoms with van der Waals surface area (Å²) in [5.74, 6) is 0.0262. The maximum atomic E-state index is 12.2. The van der Waals surface area contributed by atoms with E-state index in [1.54, 1.807) is 36.4 Å². The minimum atomic E-state index is -4.16. The highest BCUT2D eigenvalue weighted by atomic mass is 35.5. The van der Waals surface area contributed by atoms with Crippen molar-refractivity contribution < 1.29 is 17.9 Å². The summed E-state index contributed by atoms with van der Waals surface area (Å²) >= 11 is 18.7. The van der Waals surface area contributed by atoms with Gasteiger partial charge < -0.3 is 10.1 Å². The molecule has 30 heavy (non-hydrogen) atoms. The molecule has 6 nitrogen and oxygen atoms in total. The van der Waals surface area contributed by atoms with Gasteiger partial charge in [-0.2, -0.15) is 0 Å². The van der Waals surface area contributed by atoms with E-state index in [4.69, 9.17) is 44.7 Å². The van der Waals surface area contributed by atoms with Crippen molar-refractivity contribution >= 4 is 56.4 Å². The van der Waals surface area contributed by atoms with Crippen LogP contribution in [-0.2, 0) is 14.8 Å². The molecule has 156 valence electrons. The molecular formula is C20H15Cl3N2O4S. The van der Waals surface area contributed by atoms with Crippen LogP contribution in [0.1, 0.15) is 6.92 Å². The van der Waals surface area contributed by atoms with Crippen LogP contribution in [0.5, 0.6) is 11.5 Å². The summed E-state index contributed by atoms with van der Waals surface area (Å²) in [6.45, 7) is 1.34. The molecule has 3 rings (SSSR count). The second-order valence-corrected chi connectivity index (χ2v) is 8.98. The van der Waals surface area contributed by atoms with Crippen molar-refractivity contribution in [1.29, 1.82) is 0 Å². The van der Waals surface area contributed by atoms with Crippen molar-refractivity contribution in [3.8, 4) is 22.6 Å². The van der Waals surface area contributed by atoms with Gasteiger partial charge in [-0.15, -0.1) is 0 Å². The van der Waals surface area contributed by atoms with E-state index in [0.717, 1.165) is 0 Å². The fraction of sp³-hybridized carbons (Fsp3) is 0.0500. The van der Waals surface area contributed by atoms with Crippen LogP contribution in [0, 0.1) is 0 Å². The van der Waals surface area contributed by atoms with E-state index in [-0.39, 0.29) is 26.6 Å². The molecule has 0 aromatic heterocycles. The molecule has 3 aromatic carbocycles. The first kappa shape index (κ1) is 22.4. The van der Waals surface area contributed by atoms with Gasteiger partial charge in [0.05, 0.1) is 15.7 Å². The molecule has 0 radical (unpaired) electrons. The highest BCUT2D eigenvalue weighted by Crippen LogP contribution is 2.42. The molecule has 0 aliphatic heterocycles. The lowest BCUT2D eigenvalue weighted by molar-refractivity contribution is -0.114. The number of ether oxygens (including phenoxy) is 1. The second kappa shape index (κ2) is 8.83. The van der Waals surface area contributed by atoms with Gasteiger partial charge in [-0.25, -0.2) is 13.6 Å². The first-order valence-electron chi connectivity index (χ1n) is 8.42. The number of halogens is 3. The summed E-state index contributed by atoms with van der Waals surface area (Å²) in [7, 11) is -4.16. The molecule has 0 spiro atoms. The van der Waals surface area contributed by atoms with Crippen molar-refractivity contribution in [2.24, 2.45) is 5.14 Å². The third-order valence-electron chi connectivity index (χ3n) is 3.96. The SMILES string of the molecule is CC(=O)Nc1ccc(Cl)c(-c2ccc(Oc3cccc(Cl)c3)c(S(N)(=O)=O)c2)c1Cl. The van der Waals surface area contributed by atoms with Gasteiger partial charge in [-0.05, 0) is 48.0 Å². The number of amides is 1. The average Bonchev–Trinajstić information content (AvgIpc) is 2.64. The van der Waals surface area contributed by atoms with Crippen LogP contribution in [-0.4, -0.2) is 14.3 Å². The molecule has 0 fully saturated rings. The van der Waals surface area contributed by atoms with Gasteiger partial charge in [0.15, 0.2) is 0 Å². The lowest BCUT2D eigenvalue weighted by atomic mass is 10.0. The molecule has 0 bridgehead atoms. The monoisotopic (exact) mass is 484 g/mol. The third-order valence-corrected chi connectivity index (χ3v) is 5.84. The van der Waals surface area contributed by atoms with Gasteiger partial charge in [0.2, 0.25) is 15.9 Å². The Morgan fingerprint density at radius 1 is 1.03 bits per heavy atom. The van der Waals surface area contributed by atoms with Crippen LogP contribution in [0.2, 0.25) is 15.1 Å². The van der Waals surface area contributed by atoms with Gasteiger partial charge in [-0.3, -0.25) is 4.79 Å². The van der Waals surface area contributed by atoms with Crippen LogP contribution in [0.4, 0.5) is 5.69 Å². The highest BCUT2D eigenvalue weighted by molar-refractivity contribution is 7.89. The number of nitrogens with one attached hydrogen (secondary N) is 1. The molecule has 0 saturated heterocycles. The Bertz CT molecular complexity index is 1250. The summed E-state index contributed by atoms with van der Waals surface area (Å²) in [6, 6.07) is 13.9. The Labute approximate surface area is 188 Å². The topological polar surface area (TPSA) is 98.5 Å². The minimum absolute atomic E-state index is 0.00813. The molecule has 0 atom stereocenters. The van der Waals surface area contributed by atoms with Crippen molar-refractivity contribution in [2.75, 3.05) is 5.32 Å². The molecule has 10 heteroatoms. The summed E-state index contributed by atoms with van der Waals surface area (Å²) in [4.78, 5) is 11.1. The molecule has 1 amide bonds. The molecule has 0 aliphatic rings. The molecule has 3 N–H and O–H groups in total. The maximum absolute atomic E-state index is 12.2. The largest absolute Gasteiger partial charge is 0.456 e. The van der Waals surface area contributed by atoms with Crippen LogP contribution in [0.15, 0.2) is 59.5 Å². The summed E-state index contributed by atoms with van der Waals surface area (Å²) < 4.78 is 30.1. The summed E-state index contributed by atoms with van der Waals surface area (Å²) in [5.41, 5.74) is 1.04. The first-order chi connectivity index (χ1) is 14.1. The Hall–Kier alpha value is -2.29. The molecule has 0 unspecified atom stereocenters. The number of hydrogen-bond donors (Lipinski definition) is 2. The Balaban J connectivity index is 2.14. The standard InChI is InChI=1S/C20H15Cl3N2O4S/c1-11(26)25-16-7-6-15(22)19(20(16)23)12-5-8-17(18(9-12)30(24,27)28)29-14-4-2-3-13(21)10-14/h2-10H,1H3,(H,25,26)(H2,24,27,28). The zero-order chi connectivity index (χ0) is 22.1. The lowest BCUT2D eigenvalue weighted by Gasteiger charge is -2.15. The average molecular weight is 486 g/mol. The van der Waals surface area contributed by atoms with Gasteiger partial charge in [0.1, 0.15) is 16.4 Å². The van der Waals surface area contributed by atoms with Crippen molar-refractivity contribution in [2.45, 2.75) is 11.8 Å². The molecule has 0 aliphatic carbocycles. The number of carbonyl (C=O) groups is 1. The fourth-order valence-electron chi connectivity index (χ4n) is 2.73. The van der Waals surface area contributed by atoms with E-state index in [0.29, 0.717) is 27.6 Å². The Morgan fingerprint density at radius 3 is 2.40 bits per heavy atom. The Kier molecular flexibility index (Phi) is 6.59. The van der Waals surface area contributed by atoms with Crippen LogP contribution < -0.4 is 15.2 Å². The van der Waals surface area contributed by atoms with E-state index < -0.39 is 10.0 Å². The number of carbonyl (C=O) groups excluding carboxylic acids is 1. The van der Waals surface area contributed by atoms with Crippen molar-refractivity contribution in [1.82, 2.24) is 0 Å². The van der Waals surface area contributed by atoms with Crippen molar-refractivity contribution in [3.05, 3.63) is 69.7 Å². The van der Waals surface area contributed by atoms with Gasteiger partial charge >= 0.3 is 0 Å². The number of sulfonamides is 1. The normalized spacial score (nSPS) is 11.2. The zero-order valence-electron chi connectivity index (χ0n) is 15.4. The van der Waals surface area contributed by atoms with Gasteiger partial charge in [-0.1, -0.05) is 46.9 Å². The number of hydrogen-bond acceptors (Lipinski definition) is 4. The quantitative estimate of drug-likeness (QED) is 0.483. The van der Waals surface area contributed by atoms with E-state index in [9.17, 15) is 13.2 Å². The minimum Gasteiger partial charge on any atom is -0.456 e. The van der Waals surface area contributed by atoms with E-state index in [2.05, 4.69) is 5.32 Å². The van der Waals surface area contributed by atoms with Crippen LogP contribution in [0.25, 0.3) is 11.1 Å². The van der Waals surface area contributed by atoms with Crippen molar-refractivity contribution in [3.63, 3.8) is 0 Å². The number of nitrogens with two attached hydrogens (primary N) is 1. The second-order valence-electron chi connectivity index (χ2n) is 6.23. The van der Waals surface area contributed by atoms with Crippen LogP contribution >= 0.6 is 34.8 Å². The van der Waals surface area contributed by atoms with E-state index in [1.165, 1.54) is 25.1 Å². The number of benzene rings is 3. The fourth-order valence-corrected chi connectivity index (χ4v) is 4.23. The first-order valence-corrected chi connectivity index (χ1v) is 11.1. The van der Waals surface area contributed by atoms with E-state index in [1.807, 2.05) is 0 Å². The highest BCUT2D eigenvalue weighted by Gasteiger charge is 2.20.